The lowest BCUT2D eigenvalue weighted by molar-refractivity contribution is -0.152. The van der Waals surface area contributed by atoms with Gasteiger partial charge in [-0.15, -0.1) is 0 Å². The Kier molecular flexibility index (Phi) is 4.96. The van der Waals surface area contributed by atoms with Crippen LogP contribution in [0, 0.1) is 5.92 Å². The third-order valence-electron chi connectivity index (χ3n) is 5.65. The van der Waals surface area contributed by atoms with E-state index in [2.05, 4.69) is 0 Å². The Morgan fingerprint density at radius 3 is 2.59 bits per heavy atom. The second kappa shape index (κ2) is 7.58. The average Bonchev–Trinajstić information content (AvgIpc) is 3.13. The molecule has 0 aromatic heterocycles. The van der Waals surface area contributed by atoms with Crippen LogP contribution in [0.25, 0.3) is 0 Å². The summed E-state index contributed by atoms with van der Waals surface area (Å²) in [7, 11) is 1.53. The van der Waals surface area contributed by atoms with Gasteiger partial charge in [-0.3, -0.25) is 9.59 Å². The smallest absolute Gasteiger partial charge is 0.331 e. The number of para-hydroxylation sites is 2. The highest BCUT2D eigenvalue weighted by molar-refractivity contribution is 6.02. The van der Waals surface area contributed by atoms with Gasteiger partial charge in [-0.05, 0) is 29.7 Å². The van der Waals surface area contributed by atoms with Gasteiger partial charge in [0.15, 0.2) is 6.04 Å². The van der Waals surface area contributed by atoms with Gasteiger partial charge in [0.1, 0.15) is 5.75 Å². The minimum atomic E-state index is -1.06. The third-order valence-corrected chi connectivity index (χ3v) is 5.65. The number of carboxylic acid groups (broad SMARTS) is 1. The van der Waals surface area contributed by atoms with Gasteiger partial charge in [-0.2, -0.15) is 0 Å². The van der Waals surface area contributed by atoms with Gasteiger partial charge >= 0.3 is 5.97 Å². The highest BCUT2D eigenvalue weighted by atomic mass is 16.5. The number of carbonyl (C=O) groups excluding carboxylic acids is 2. The lowest BCUT2D eigenvalue weighted by Gasteiger charge is -2.36. The lowest BCUT2D eigenvalue weighted by Crippen LogP contribution is -2.46. The van der Waals surface area contributed by atoms with E-state index in [1.54, 1.807) is 29.2 Å². The molecule has 2 amide bonds. The van der Waals surface area contributed by atoms with E-state index in [4.69, 9.17) is 4.74 Å². The molecule has 2 aliphatic rings. The van der Waals surface area contributed by atoms with Gasteiger partial charge in [-0.1, -0.05) is 36.4 Å². The van der Waals surface area contributed by atoms with Gasteiger partial charge in [0, 0.05) is 19.5 Å². The highest BCUT2D eigenvalue weighted by Gasteiger charge is 2.43. The number of methoxy groups -OCH3 is 1. The second-order valence-corrected chi connectivity index (χ2v) is 7.30. The monoisotopic (exact) mass is 394 g/mol. The molecule has 2 aromatic rings. The minimum absolute atomic E-state index is 0.0569. The summed E-state index contributed by atoms with van der Waals surface area (Å²) in [6.07, 6.45) is 0.657. The first-order chi connectivity index (χ1) is 14.0. The van der Waals surface area contributed by atoms with Crippen LogP contribution in [-0.4, -0.2) is 48.0 Å². The van der Waals surface area contributed by atoms with E-state index < -0.39 is 17.9 Å². The molecular weight excluding hydrogens is 372 g/mol. The molecular formula is C22H22N2O5. The number of nitrogens with zero attached hydrogens (tertiary/aromatic N) is 2. The van der Waals surface area contributed by atoms with E-state index in [0.29, 0.717) is 30.0 Å². The van der Waals surface area contributed by atoms with E-state index in [0.717, 1.165) is 5.56 Å². The van der Waals surface area contributed by atoms with Crippen molar-refractivity contribution in [3.63, 3.8) is 0 Å². The first kappa shape index (κ1) is 19.0. The van der Waals surface area contributed by atoms with Gasteiger partial charge in [-0.25, -0.2) is 4.79 Å². The molecule has 4 rings (SSSR count). The van der Waals surface area contributed by atoms with Crippen LogP contribution in [0.4, 0.5) is 5.69 Å². The van der Waals surface area contributed by atoms with Gasteiger partial charge < -0.3 is 19.6 Å². The largest absolute Gasteiger partial charge is 0.495 e. The van der Waals surface area contributed by atoms with Gasteiger partial charge in [0.25, 0.3) is 0 Å². The van der Waals surface area contributed by atoms with Crippen molar-refractivity contribution in [2.45, 2.75) is 18.9 Å². The van der Waals surface area contributed by atoms with Gasteiger partial charge in [0.05, 0.1) is 18.7 Å². The van der Waals surface area contributed by atoms with Crippen molar-refractivity contribution in [1.29, 1.82) is 0 Å². The molecule has 0 saturated carbocycles. The van der Waals surface area contributed by atoms with Crippen molar-refractivity contribution >= 4 is 23.5 Å². The molecule has 7 nitrogen and oxygen atoms in total. The fourth-order valence-corrected chi connectivity index (χ4v) is 4.26. The van der Waals surface area contributed by atoms with Crippen molar-refractivity contribution in [2.75, 3.05) is 25.1 Å². The molecule has 2 unspecified atom stereocenters. The van der Waals surface area contributed by atoms with Crippen LogP contribution in [0.5, 0.6) is 5.75 Å². The van der Waals surface area contributed by atoms with Crippen LogP contribution in [0.15, 0.2) is 48.5 Å². The summed E-state index contributed by atoms with van der Waals surface area (Å²) in [6.45, 7) is 0.536. The molecule has 0 bridgehead atoms. The van der Waals surface area contributed by atoms with E-state index >= 15 is 0 Å². The summed E-state index contributed by atoms with van der Waals surface area (Å²) in [5.74, 6) is -1.55. The molecule has 0 aliphatic carbocycles. The Morgan fingerprint density at radius 1 is 1.10 bits per heavy atom. The number of benzene rings is 2. The number of carboxylic acids is 1. The molecule has 1 N–H and O–H groups in total. The predicted octanol–water partition coefficient (Wildman–Crippen LogP) is 2.26. The summed E-state index contributed by atoms with van der Waals surface area (Å²) in [6, 6.07) is 13.4. The molecule has 0 radical (unpaired) electrons. The normalized spacial score (nSPS) is 21.1. The summed E-state index contributed by atoms with van der Waals surface area (Å²) < 4.78 is 5.34. The first-order valence-corrected chi connectivity index (χ1v) is 9.55. The Labute approximate surface area is 168 Å². The molecule has 29 heavy (non-hydrogen) atoms. The van der Waals surface area contributed by atoms with Crippen molar-refractivity contribution in [1.82, 2.24) is 4.90 Å². The SMILES string of the molecule is COc1ccccc1N1CC(C(=O)N2CCc3ccccc3C2C(=O)O)CC1=O. The molecule has 2 aromatic carbocycles. The molecule has 2 aliphatic heterocycles. The molecule has 7 heteroatoms. The van der Waals surface area contributed by atoms with Crippen molar-refractivity contribution in [2.24, 2.45) is 5.92 Å². The molecule has 0 spiro atoms. The molecule has 2 heterocycles. The van der Waals surface area contributed by atoms with Crippen molar-refractivity contribution < 1.29 is 24.2 Å². The fraction of sp³-hybridized carbons (Fsp3) is 0.318. The average molecular weight is 394 g/mol. The quantitative estimate of drug-likeness (QED) is 0.860. The first-order valence-electron chi connectivity index (χ1n) is 9.55. The number of rotatable bonds is 4. The topological polar surface area (TPSA) is 87.2 Å². The third kappa shape index (κ3) is 3.33. The number of fused-ring (bicyclic) bond motifs is 1. The van der Waals surface area contributed by atoms with Crippen LogP contribution in [0.3, 0.4) is 0 Å². The van der Waals surface area contributed by atoms with Crippen molar-refractivity contribution in [3.05, 3.63) is 59.7 Å². The van der Waals surface area contributed by atoms with E-state index in [9.17, 15) is 19.5 Å². The summed E-state index contributed by atoms with van der Waals surface area (Å²) >= 11 is 0. The standard InChI is InChI=1S/C22H22N2O5/c1-29-18-9-5-4-8-17(18)24-13-15(12-19(24)25)21(26)23-11-10-14-6-2-3-7-16(14)20(23)22(27)28/h2-9,15,20H,10-13H2,1H3,(H,27,28). The van der Waals surface area contributed by atoms with Crippen LogP contribution in [0.1, 0.15) is 23.6 Å². The number of aliphatic carboxylic acids is 1. The summed E-state index contributed by atoms with van der Waals surface area (Å²) in [5, 5.41) is 9.81. The van der Waals surface area contributed by atoms with E-state index in [1.807, 2.05) is 24.3 Å². The van der Waals surface area contributed by atoms with Crippen LogP contribution >= 0.6 is 0 Å². The highest BCUT2D eigenvalue weighted by Crippen LogP contribution is 2.36. The fourth-order valence-electron chi connectivity index (χ4n) is 4.26. The van der Waals surface area contributed by atoms with Crippen LogP contribution in [-0.2, 0) is 20.8 Å². The molecule has 1 fully saturated rings. The molecule has 2 atom stereocenters. The maximum absolute atomic E-state index is 13.3. The molecule has 1 saturated heterocycles. The van der Waals surface area contributed by atoms with Crippen LogP contribution < -0.4 is 9.64 Å². The second-order valence-electron chi connectivity index (χ2n) is 7.30. The van der Waals surface area contributed by atoms with E-state index in [1.165, 1.54) is 12.0 Å². The number of amides is 2. The number of carbonyl (C=O) groups is 3. The maximum atomic E-state index is 13.3. The zero-order valence-corrected chi connectivity index (χ0v) is 16.1. The summed E-state index contributed by atoms with van der Waals surface area (Å²) in [5.41, 5.74) is 2.21. The summed E-state index contributed by atoms with van der Waals surface area (Å²) in [4.78, 5) is 40.8. The maximum Gasteiger partial charge on any atom is 0.331 e. The van der Waals surface area contributed by atoms with E-state index in [-0.39, 0.29) is 24.8 Å². The number of anilines is 1. The van der Waals surface area contributed by atoms with Gasteiger partial charge in [0.2, 0.25) is 11.8 Å². The number of ether oxygens (including phenoxy) is 1. The zero-order valence-electron chi connectivity index (χ0n) is 16.1. The predicted molar refractivity (Wildman–Crippen MR) is 106 cm³/mol. The lowest BCUT2D eigenvalue weighted by atomic mass is 9.91. The minimum Gasteiger partial charge on any atom is -0.495 e. The Hall–Kier alpha value is -3.35. The Balaban J connectivity index is 1.59. The number of hydrogen-bond acceptors (Lipinski definition) is 4. The number of hydrogen-bond donors (Lipinski definition) is 1. The molecule has 150 valence electrons. The van der Waals surface area contributed by atoms with Crippen LogP contribution in [0.2, 0.25) is 0 Å². The Bertz CT molecular complexity index is 973. The van der Waals surface area contributed by atoms with Crippen molar-refractivity contribution in [3.8, 4) is 5.75 Å². The zero-order chi connectivity index (χ0) is 20.5. The Morgan fingerprint density at radius 2 is 1.83 bits per heavy atom.